The number of amides is 1. The zero-order valence-corrected chi connectivity index (χ0v) is 8.73. The summed E-state index contributed by atoms with van der Waals surface area (Å²) in [6, 6.07) is 3.77. The van der Waals surface area contributed by atoms with E-state index in [9.17, 15) is 4.79 Å². The monoisotopic (exact) mass is 205 g/mol. The molecule has 1 fully saturated rings. The number of pyridine rings is 1. The number of hydrogen-bond donors (Lipinski definition) is 2. The van der Waals surface area contributed by atoms with Gasteiger partial charge in [-0.15, -0.1) is 0 Å². The first kappa shape index (κ1) is 10.1. The van der Waals surface area contributed by atoms with E-state index in [0.29, 0.717) is 0 Å². The summed E-state index contributed by atoms with van der Waals surface area (Å²) in [5.74, 6) is -0.0492. The summed E-state index contributed by atoms with van der Waals surface area (Å²) < 4.78 is 0. The number of nitrogens with zero attached hydrogens (tertiary/aromatic N) is 1. The molecule has 1 heterocycles. The Hall–Kier alpha value is -1.42. The van der Waals surface area contributed by atoms with Crippen LogP contribution in [0.25, 0.3) is 0 Å². The van der Waals surface area contributed by atoms with Crippen molar-refractivity contribution < 1.29 is 4.79 Å². The zero-order valence-electron chi connectivity index (χ0n) is 8.73. The van der Waals surface area contributed by atoms with Crippen molar-refractivity contribution in [3.63, 3.8) is 0 Å². The summed E-state index contributed by atoms with van der Waals surface area (Å²) in [5, 5.41) is 2.91. The fourth-order valence-electron chi connectivity index (χ4n) is 1.44. The Morgan fingerprint density at radius 3 is 2.67 bits per heavy atom. The molecule has 15 heavy (non-hydrogen) atoms. The molecule has 1 aromatic rings. The molecule has 1 aliphatic carbocycles. The molecule has 0 spiro atoms. The average molecular weight is 205 g/mol. The van der Waals surface area contributed by atoms with Crippen LogP contribution in [0.5, 0.6) is 0 Å². The van der Waals surface area contributed by atoms with Crippen LogP contribution in [0, 0.1) is 0 Å². The van der Waals surface area contributed by atoms with E-state index in [4.69, 9.17) is 5.73 Å². The molecule has 0 aliphatic heterocycles. The highest BCUT2D eigenvalue weighted by atomic mass is 16.2. The minimum absolute atomic E-state index is 0.0125. The number of nitrogens with two attached hydrogens (primary N) is 1. The molecule has 4 nitrogen and oxygen atoms in total. The number of carbonyl (C=O) groups is 1. The lowest BCUT2D eigenvalue weighted by atomic mass is 10.1. The van der Waals surface area contributed by atoms with E-state index in [-0.39, 0.29) is 11.9 Å². The van der Waals surface area contributed by atoms with Gasteiger partial charge in [0.15, 0.2) is 0 Å². The largest absolute Gasteiger partial charge is 0.348 e. The summed E-state index contributed by atoms with van der Waals surface area (Å²) in [5.41, 5.74) is 6.24. The Kier molecular flexibility index (Phi) is 2.44. The third kappa shape index (κ3) is 2.15. The van der Waals surface area contributed by atoms with Gasteiger partial charge in [-0.2, -0.15) is 0 Å². The van der Waals surface area contributed by atoms with Gasteiger partial charge in [-0.25, -0.2) is 0 Å². The lowest BCUT2D eigenvalue weighted by Crippen LogP contribution is -2.43. The fraction of sp³-hybridized carbons (Fsp3) is 0.455. The molecular weight excluding hydrogens is 190 g/mol. The molecule has 1 unspecified atom stereocenters. The van der Waals surface area contributed by atoms with Gasteiger partial charge in [0.25, 0.3) is 0 Å². The minimum atomic E-state index is -0.596. The second-order valence-electron chi connectivity index (χ2n) is 4.13. The SMILES string of the molecule is CC(NC(=O)C1(N)CC1)c1ccncc1. The van der Waals surface area contributed by atoms with Crippen molar-refractivity contribution in [3.05, 3.63) is 30.1 Å². The Balaban J connectivity index is 1.98. The summed E-state index contributed by atoms with van der Waals surface area (Å²) in [4.78, 5) is 15.6. The predicted octanol–water partition coefficient (Wildman–Crippen LogP) is 0.750. The van der Waals surface area contributed by atoms with Crippen LogP contribution in [0.15, 0.2) is 24.5 Å². The number of hydrogen-bond acceptors (Lipinski definition) is 3. The molecule has 80 valence electrons. The molecule has 0 radical (unpaired) electrons. The average Bonchev–Trinajstić information content (AvgIpc) is 2.99. The van der Waals surface area contributed by atoms with Crippen molar-refractivity contribution in [1.29, 1.82) is 0 Å². The number of carbonyl (C=O) groups excluding carboxylic acids is 1. The first-order valence-corrected chi connectivity index (χ1v) is 5.12. The van der Waals surface area contributed by atoms with Crippen molar-refractivity contribution in [2.75, 3.05) is 0 Å². The van der Waals surface area contributed by atoms with E-state index >= 15 is 0 Å². The van der Waals surface area contributed by atoms with E-state index < -0.39 is 5.54 Å². The fourth-order valence-corrected chi connectivity index (χ4v) is 1.44. The third-order valence-electron chi connectivity index (χ3n) is 2.79. The van der Waals surface area contributed by atoms with E-state index in [0.717, 1.165) is 18.4 Å². The van der Waals surface area contributed by atoms with Crippen LogP contribution in [0.2, 0.25) is 0 Å². The van der Waals surface area contributed by atoms with Gasteiger partial charge in [0.05, 0.1) is 11.6 Å². The molecule has 1 aliphatic rings. The van der Waals surface area contributed by atoms with Crippen molar-refractivity contribution in [2.45, 2.75) is 31.3 Å². The lowest BCUT2D eigenvalue weighted by Gasteiger charge is -2.16. The maximum absolute atomic E-state index is 11.7. The second-order valence-corrected chi connectivity index (χ2v) is 4.13. The Morgan fingerprint density at radius 2 is 2.13 bits per heavy atom. The van der Waals surface area contributed by atoms with Crippen LogP contribution in [0.3, 0.4) is 0 Å². The third-order valence-corrected chi connectivity index (χ3v) is 2.79. The van der Waals surface area contributed by atoms with Gasteiger partial charge in [0, 0.05) is 12.4 Å². The van der Waals surface area contributed by atoms with Crippen LogP contribution in [0.1, 0.15) is 31.4 Å². The summed E-state index contributed by atoms with van der Waals surface area (Å²) in [6.07, 6.45) is 5.02. The molecule has 1 atom stereocenters. The lowest BCUT2D eigenvalue weighted by molar-refractivity contribution is -0.123. The Morgan fingerprint density at radius 1 is 1.53 bits per heavy atom. The Bertz CT molecular complexity index is 359. The van der Waals surface area contributed by atoms with Gasteiger partial charge in [-0.05, 0) is 37.5 Å². The van der Waals surface area contributed by atoms with Crippen LogP contribution in [-0.4, -0.2) is 16.4 Å². The van der Waals surface area contributed by atoms with E-state index in [1.54, 1.807) is 12.4 Å². The van der Waals surface area contributed by atoms with Gasteiger partial charge in [0.1, 0.15) is 0 Å². The van der Waals surface area contributed by atoms with Crippen LogP contribution < -0.4 is 11.1 Å². The summed E-state index contributed by atoms with van der Waals surface area (Å²) >= 11 is 0. The second kappa shape index (κ2) is 3.62. The first-order valence-electron chi connectivity index (χ1n) is 5.12. The molecule has 2 rings (SSSR count). The molecule has 3 N–H and O–H groups in total. The Labute approximate surface area is 88.9 Å². The topological polar surface area (TPSA) is 68.0 Å². The van der Waals surface area contributed by atoms with Gasteiger partial charge in [0.2, 0.25) is 5.91 Å². The van der Waals surface area contributed by atoms with Crippen molar-refractivity contribution in [1.82, 2.24) is 10.3 Å². The number of rotatable bonds is 3. The van der Waals surface area contributed by atoms with E-state index in [2.05, 4.69) is 10.3 Å². The summed E-state index contributed by atoms with van der Waals surface area (Å²) in [7, 11) is 0. The van der Waals surface area contributed by atoms with Crippen LogP contribution >= 0.6 is 0 Å². The number of aromatic nitrogens is 1. The highest BCUT2D eigenvalue weighted by Crippen LogP contribution is 2.32. The molecule has 0 aromatic carbocycles. The summed E-state index contributed by atoms with van der Waals surface area (Å²) in [6.45, 7) is 1.94. The molecule has 4 heteroatoms. The maximum atomic E-state index is 11.7. The quantitative estimate of drug-likeness (QED) is 0.765. The smallest absolute Gasteiger partial charge is 0.240 e. The zero-order chi connectivity index (χ0) is 10.9. The molecule has 0 bridgehead atoms. The van der Waals surface area contributed by atoms with Gasteiger partial charge in [-0.1, -0.05) is 0 Å². The molecule has 0 saturated heterocycles. The normalized spacial score (nSPS) is 19.3. The number of nitrogens with one attached hydrogen (secondary N) is 1. The van der Waals surface area contributed by atoms with Gasteiger partial charge in [-0.3, -0.25) is 9.78 Å². The highest BCUT2D eigenvalue weighted by Gasteiger charge is 2.46. The molecular formula is C11H15N3O. The van der Waals surface area contributed by atoms with Crippen molar-refractivity contribution in [2.24, 2.45) is 5.73 Å². The van der Waals surface area contributed by atoms with Crippen LogP contribution in [0.4, 0.5) is 0 Å². The van der Waals surface area contributed by atoms with Crippen molar-refractivity contribution in [3.8, 4) is 0 Å². The van der Waals surface area contributed by atoms with E-state index in [1.165, 1.54) is 0 Å². The minimum Gasteiger partial charge on any atom is -0.348 e. The first-order chi connectivity index (χ1) is 7.12. The maximum Gasteiger partial charge on any atom is 0.240 e. The molecule has 1 aromatic heterocycles. The predicted molar refractivity (Wildman–Crippen MR) is 56.9 cm³/mol. The van der Waals surface area contributed by atoms with Crippen LogP contribution in [-0.2, 0) is 4.79 Å². The van der Waals surface area contributed by atoms with E-state index in [1.807, 2.05) is 19.1 Å². The molecule has 1 saturated carbocycles. The van der Waals surface area contributed by atoms with Crippen molar-refractivity contribution >= 4 is 5.91 Å². The van der Waals surface area contributed by atoms with Gasteiger partial charge < -0.3 is 11.1 Å². The highest BCUT2D eigenvalue weighted by molar-refractivity contribution is 5.89. The molecule has 1 amide bonds. The standard InChI is InChI=1S/C11H15N3O/c1-8(9-2-6-13-7-3-9)14-10(15)11(12)4-5-11/h2-3,6-8H,4-5,12H2,1H3,(H,14,15). The van der Waals surface area contributed by atoms with Gasteiger partial charge >= 0.3 is 0 Å².